The normalized spacial score (nSPS) is 11.6. The molecule has 0 atom stereocenters. The van der Waals surface area contributed by atoms with Crippen LogP contribution in [0.1, 0.15) is 0 Å². The van der Waals surface area contributed by atoms with E-state index in [1.807, 2.05) is 36.4 Å². The first-order valence-electron chi connectivity index (χ1n) is 18.5. The predicted octanol–water partition coefficient (Wildman–Crippen LogP) is 14.5. The van der Waals surface area contributed by atoms with E-state index in [1.165, 1.54) is 32.7 Å². The van der Waals surface area contributed by atoms with Gasteiger partial charge < -0.3 is 13.7 Å². The van der Waals surface area contributed by atoms with Gasteiger partial charge in [0.1, 0.15) is 11.1 Å². The lowest BCUT2D eigenvalue weighted by Gasteiger charge is -2.26. The molecule has 55 heavy (non-hydrogen) atoms. The summed E-state index contributed by atoms with van der Waals surface area (Å²) < 4.78 is 13.1. The number of para-hydroxylation sites is 1. The maximum atomic E-state index is 6.82. The summed E-state index contributed by atoms with van der Waals surface area (Å²) in [5, 5.41) is 6.90. The van der Waals surface area contributed by atoms with E-state index in [1.54, 1.807) is 0 Å². The molecule has 0 spiro atoms. The number of benzene rings is 9. The smallest absolute Gasteiger partial charge is 0.227 e. The van der Waals surface area contributed by atoms with Crippen molar-refractivity contribution in [2.45, 2.75) is 0 Å². The zero-order valence-electron chi connectivity index (χ0n) is 29.7. The molecule has 0 aliphatic rings. The van der Waals surface area contributed by atoms with Crippen molar-refractivity contribution in [2.24, 2.45) is 0 Å². The van der Waals surface area contributed by atoms with Gasteiger partial charge >= 0.3 is 0 Å². The maximum Gasteiger partial charge on any atom is 0.227 e. The van der Waals surface area contributed by atoms with Crippen molar-refractivity contribution in [2.75, 3.05) is 4.90 Å². The van der Waals surface area contributed by atoms with Crippen molar-refractivity contribution in [3.8, 4) is 33.7 Å². The Hall–Kier alpha value is -7.43. The molecule has 0 aliphatic carbocycles. The molecule has 4 nitrogen and oxygen atoms in total. The van der Waals surface area contributed by atoms with Crippen molar-refractivity contribution in [1.29, 1.82) is 0 Å². The van der Waals surface area contributed by atoms with Crippen LogP contribution in [0.4, 0.5) is 17.1 Å². The zero-order chi connectivity index (χ0) is 36.3. The van der Waals surface area contributed by atoms with Gasteiger partial charge in [-0.2, -0.15) is 0 Å². The molecule has 2 heterocycles. The molecule has 2 aromatic heterocycles. The van der Waals surface area contributed by atoms with E-state index in [-0.39, 0.29) is 0 Å². The van der Waals surface area contributed by atoms with E-state index < -0.39 is 0 Å². The van der Waals surface area contributed by atoms with Crippen molar-refractivity contribution in [3.63, 3.8) is 0 Å². The number of hydrogen-bond donors (Lipinski definition) is 0. The number of aromatic nitrogens is 1. The van der Waals surface area contributed by atoms with Crippen LogP contribution >= 0.6 is 0 Å². The van der Waals surface area contributed by atoms with E-state index in [0.717, 1.165) is 66.8 Å². The molecular formula is C51H32N2O2. The second-order valence-electron chi connectivity index (χ2n) is 13.9. The van der Waals surface area contributed by atoms with Crippen LogP contribution in [0, 0.1) is 0 Å². The third-order valence-corrected chi connectivity index (χ3v) is 10.7. The van der Waals surface area contributed by atoms with E-state index in [9.17, 15) is 0 Å². The van der Waals surface area contributed by atoms with E-state index in [2.05, 4.69) is 163 Å². The summed E-state index contributed by atoms with van der Waals surface area (Å²) in [4.78, 5) is 7.14. The lowest BCUT2D eigenvalue weighted by atomic mass is 9.97. The molecule has 0 unspecified atom stereocenters. The van der Waals surface area contributed by atoms with Gasteiger partial charge in [-0.15, -0.1) is 0 Å². The van der Waals surface area contributed by atoms with Gasteiger partial charge in [-0.1, -0.05) is 140 Å². The molecular weight excluding hydrogens is 673 g/mol. The van der Waals surface area contributed by atoms with Gasteiger partial charge in [0.25, 0.3) is 0 Å². The fourth-order valence-electron chi connectivity index (χ4n) is 8.07. The molecule has 0 N–H and O–H groups in total. The Kier molecular flexibility index (Phi) is 7.14. The van der Waals surface area contributed by atoms with Gasteiger partial charge in [-0.25, -0.2) is 4.98 Å². The van der Waals surface area contributed by atoms with Crippen LogP contribution < -0.4 is 4.90 Å². The van der Waals surface area contributed by atoms with Crippen LogP contribution in [0.5, 0.6) is 0 Å². The number of fused-ring (bicyclic) bond motifs is 6. The molecule has 11 rings (SSSR count). The number of rotatable bonds is 6. The quantitative estimate of drug-likeness (QED) is 0.173. The first-order chi connectivity index (χ1) is 27.2. The first kappa shape index (κ1) is 31.1. The molecule has 11 aromatic rings. The van der Waals surface area contributed by atoms with Gasteiger partial charge in [-0.3, -0.25) is 0 Å². The molecule has 0 aliphatic heterocycles. The van der Waals surface area contributed by atoms with Gasteiger partial charge in [0.2, 0.25) is 5.89 Å². The molecule has 4 heteroatoms. The van der Waals surface area contributed by atoms with E-state index in [4.69, 9.17) is 13.8 Å². The van der Waals surface area contributed by atoms with Crippen molar-refractivity contribution >= 4 is 71.6 Å². The summed E-state index contributed by atoms with van der Waals surface area (Å²) in [5.41, 5.74) is 11.7. The fraction of sp³-hybridized carbons (Fsp3) is 0. The SMILES string of the molecule is c1ccc(-c2nc3cc4oc5c(N(c6ccc(-c7cccc8ccccc78)cc6)c6cccc(-c7cccc8ccccc78)c6)cccc5c4cc3o2)cc1. The molecule has 0 radical (unpaired) electrons. The standard InChI is InChI=1S/C51H32N2O2/c1-2-14-36(15-3-1)51-52-46-32-48-45(31-49(46)55-51)44-24-11-25-47(50(44)54-48)53(38-28-26-35(27-29-38)42-22-9-16-33-12-4-6-20-40(33)42)39-19-8-18-37(30-39)43-23-10-17-34-13-5-7-21-41(34)43/h1-32H. The summed E-state index contributed by atoms with van der Waals surface area (Å²) in [5.74, 6) is 0.595. The summed E-state index contributed by atoms with van der Waals surface area (Å²) in [6, 6.07) is 68.2. The summed E-state index contributed by atoms with van der Waals surface area (Å²) in [6.45, 7) is 0. The summed E-state index contributed by atoms with van der Waals surface area (Å²) in [6.07, 6.45) is 0. The van der Waals surface area contributed by atoms with Gasteiger partial charge in [-0.05, 0) is 92.3 Å². The van der Waals surface area contributed by atoms with Crippen molar-refractivity contribution in [1.82, 2.24) is 4.98 Å². The lowest BCUT2D eigenvalue weighted by molar-refractivity contribution is 0.620. The predicted molar refractivity (Wildman–Crippen MR) is 227 cm³/mol. The van der Waals surface area contributed by atoms with Crippen LogP contribution in [0.25, 0.3) is 88.3 Å². The molecule has 9 aromatic carbocycles. The van der Waals surface area contributed by atoms with Gasteiger partial charge in [0.15, 0.2) is 11.2 Å². The van der Waals surface area contributed by atoms with Crippen LogP contribution in [0.15, 0.2) is 203 Å². The molecule has 0 bridgehead atoms. The second kappa shape index (κ2) is 12.6. The van der Waals surface area contributed by atoms with Crippen LogP contribution in [0.3, 0.4) is 0 Å². The number of furan rings is 1. The monoisotopic (exact) mass is 704 g/mol. The average Bonchev–Trinajstić information content (AvgIpc) is 3.84. The zero-order valence-corrected chi connectivity index (χ0v) is 29.7. The van der Waals surface area contributed by atoms with Gasteiger partial charge in [0, 0.05) is 33.8 Å². The maximum absolute atomic E-state index is 6.82. The fourth-order valence-corrected chi connectivity index (χ4v) is 8.07. The summed E-state index contributed by atoms with van der Waals surface area (Å²) >= 11 is 0. The Labute approximate surface area is 317 Å². The Morgan fingerprint density at radius 2 is 1.00 bits per heavy atom. The Morgan fingerprint density at radius 1 is 0.382 bits per heavy atom. The highest BCUT2D eigenvalue weighted by atomic mass is 16.4. The van der Waals surface area contributed by atoms with Crippen LogP contribution in [-0.4, -0.2) is 4.98 Å². The van der Waals surface area contributed by atoms with E-state index in [0.29, 0.717) is 5.89 Å². The number of nitrogens with zero attached hydrogens (tertiary/aromatic N) is 2. The minimum atomic E-state index is 0.595. The third-order valence-electron chi connectivity index (χ3n) is 10.7. The van der Waals surface area contributed by atoms with Crippen LogP contribution in [-0.2, 0) is 0 Å². The Balaban J connectivity index is 1.09. The highest BCUT2D eigenvalue weighted by molar-refractivity contribution is 6.13. The minimum absolute atomic E-state index is 0.595. The minimum Gasteiger partial charge on any atom is -0.454 e. The number of oxazole rings is 1. The van der Waals surface area contributed by atoms with Crippen LogP contribution in [0.2, 0.25) is 0 Å². The molecule has 258 valence electrons. The topological polar surface area (TPSA) is 42.4 Å². The second-order valence-corrected chi connectivity index (χ2v) is 13.9. The Bertz CT molecular complexity index is 3200. The molecule has 0 saturated carbocycles. The molecule has 0 amide bonds. The molecule has 0 saturated heterocycles. The largest absolute Gasteiger partial charge is 0.454 e. The van der Waals surface area contributed by atoms with Crippen molar-refractivity contribution < 1.29 is 8.83 Å². The first-order valence-corrected chi connectivity index (χ1v) is 18.5. The average molecular weight is 705 g/mol. The molecule has 0 fully saturated rings. The lowest BCUT2D eigenvalue weighted by Crippen LogP contribution is -2.10. The number of hydrogen-bond acceptors (Lipinski definition) is 4. The highest BCUT2D eigenvalue weighted by Gasteiger charge is 2.21. The van der Waals surface area contributed by atoms with Crippen molar-refractivity contribution in [3.05, 3.63) is 194 Å². The Morgan fingerprint density at radius 3 is 1.76 bits per heavy atom. The summed E-state index contributed by atoms with van der Waals surface area (Å²) in [7, 11) is 0. The van der Waals surface area contributed by atoms with E-state index >= 15 is 0 Å². The third kappa shape index (κ3) is 5.26. The number of anilines is 3. The van der Waals surface area contributed by atoms with Gasteiger partial charge in [0.05, 0.1) is 5.69 Å². The highest BCUT2D eigenvalue weighted by Crippen LogP contribution is 2.45.